The molecule has 0 amide bonds. The summed E-state index contributed by atoms with van der Waals surface area (Å²) < 4.78 is 15.4. The number of aromatic nitrogens is 1. The van der Waals surface area contributed by atoms with Gasteiger partial charge in [-0.2, -0.15) is 0 Å². The Hall–Kier alpha value is -2.95. The van der Waals surface area contributed by atoms with Crippen LogP contribution in [0.1, 0.15) is 17.3 Å². The number of pyridine rings is 1. The molecule has 1 heterocycles. The topological polar surface area (TPSA) is 59.3 Å². The van der Waals surface area contributed by atoms with Gasteiger partial charge in [-0.25, -0.2) is 9.18 Å². The summed E-state index contributed by atoms with van der Waals surface area (Å²) in [6.45, 7) is 2.48. The van der Waals surface area contributed by atoms with Crippen LogP contribution in [0, 0.1) is 5.82 Å². The molecule has 1 aromatic heterocycles. The molecule has 0 aliphatic carbocycles. The highest BCUT2D eigenvalue weighted by Gasteiger charge is 2.12. The zero-order valence-corrected chi connectivity index (χ0v) is 12.4. The van der Waals surface area contributed by atoms with Crippen molar-refractivity contribution in [2.24, 2.45) is 0 Å². The van der Waals surface area contributed by atoms with Crippen molar-refractivity contribution in [2.45, 2.75) is 13.5 Å². The fourth-order valence-electron chi connectivity index (χ4n) is 2.74. The Morgan fingerprint density at radius 1 is 1.17 bits per heavy atom. The van der Waals surface area contributed by atoms with Crippen molar-refractivity contribution in [3.05, 3.63) is 70.1 Å². The average Bonchev–Trinajstić information content (AvgIpc) is 2.54. The van der Waals surface area contributed by atoms with Crippen LogP contribution in [-0.2, 0) is 6.54 Å². The van der Waals surface area contributed by atoms with E-state index in [1.807, 2.05) is 11.5 Å². The number of halogens is 1. The van der Waals surface area contributed by atoms with E-state index in [-0.39, 0.29) is 16.8 Å². The minimum absolute atomic E-state index is 0.0655. The largest absolute Gasteiger partial charge is 0.478 e. The molecule has 5 heteroatoms. The maximum Gasteiger partial charge on any atom is 0.335 e. The Kier molecular flexibility index (Phi) is 3.70. The summed E-state index contributed by atoms with van der Waals surface area (Å²) in [5.41, 5.74) is 1.62. The zero-order chi connectivity index (χ0) is 16.6. The van der Waals surface area contributed by atoms with Gasteiger partial charge in [0.1, 0.15) is 5.82 Å². The van der Waals surface area contributed by atoms with Crippen LogP contribution in [-0.4, -0.2) is 15.6 Å². The van der Waals surface area contributed by atoms with Gasteiger partial charge in [-0.1, -0.05) is 12.1 Å². The first-order valence-corrected chi connectivity index (χ1v) is 7.18. The van der Waals surface area contributed by atoms with Crippen molar-refractivity contribution in [3.8, 4) is 11.3 Å². The predicted octanol–water partition coefficient (Wildman–Crippen LogP) is 3.53. The van der Waals surface area contributed by atoms with Gasteiger partial charge in [0.15, 0.2) is 5.43 Å². The number of benzene rings is 2. The van der Waals surface area contributed by atoms with Crippen molar-refractivity contribution < 1.29 is 14.3 Å². The lowest BCUT2D eigenvalue weighted by Gasteiger charge is -2.15. The smallest absolute Gasteiger partial charge is 0.335 e. The monoisotopic (exact) mass is 311 g/mol. The number of carboxylic acid groups (broad SMARTS) is 1. The molecule has 0 spiro atoms. The van der Waals surface area contributed by atoms with Crippen molar-refractivity contribution in [1.29, 1.82) is 0 Å². The van der Waals surface area contributed by atoms with Gasteiger partial charge >= 0.3 is 5.97 Å². The van der Waals surface area contributed by atoms with E-state index in [1.54, 1.807) is 18.2 Å². The first-order valence-electron chi connectivity index (χ1n) is 7.18. The highest BCUT2D eigenvalue weighted by Crippen LogP contribution is 2.24. The van der Waals surface area contributed by atoms with E-state index in [9.17, 15) is 14.0 Å². The van der Waals surface area contributed by atoms with Gasteiger partial charge in [0.05, 0.1) is 16.8 Å². The molecule has 0 saturated carbocycles. The molecule has 23 heavy (non-hydrogen) atoms. The molecule has 0 aliphatic rings. The van der Waals surface area contributed by atoms with Gasteiger partial charge in [0, 0.05) is 23.6 Å². The van der Waals surface area contributed by atoms with Crippen molar-refractivity contribution in [2.75, 3.05) is 0 Å². The number of hydrogen-bond donors (Lipinski definition) is 1. The summed E-state index contributed by atoms with van der Waals surface area (Å²) in [5.74, 6) is -1.46. The van der Waals surface area contributed by atoms with Crippen molar-refractivity contribution in [3.63, 3.8) is 0 Å². The average molecular weight is 311 g/mol. The lowest BCUT2D eigenvalue weighted by atomic mass is 10.1. The second-order valence-corrected chi connectivity index (χ2v) is 5.19. The summed E-state index contributed by atoms with van der Waals surface area (Å²) in [5, 5.41) is 9.41. The Morgan fingerprint density at radius 2 is 1.96 bits per heavy atom. The number of nitrogens with zero attached hydrogens (tertiary/aromatic N) is 1. The zero-order valence-electron chi connectivity index (χ0n) is 12.4. The molecule has 0 atom stereocenters. The number of hydrogen-bond acceptors (Lipinski definition) is 2. The molecule has 1 N–H and O–H groups in total. The second kappa shape index (κ2) is 5.68. The second-order valence-electron chi connectivity index (χ2n) is 5.19. The van der Waals surface area contributed by atoms with Gasteiger partial charge in [0.2, 0.25) is 0 Å². The van der Waals surface area contributed by atoms with Crippen LogP contribution < -0.4 is 5.43 Å². The van der Waals surface area contributed by atoms with Crippen LogP contribution in [0.15, 0.2) is 53.3 Å². The van der Waals surface area contributed by atoms with E-state index in [4.69, 9.17) is 5.11 Å². The molecular formula is C18H14FNO3. The molecule has 3 rings (SSSR count). The van der Waals surface area contributed by atoms with E-state index < -0.39 is 5.97 Å². The summed E-state index contributed by atoms with van der Waals surface area (Å²) in [6.07, 6.45) is 0. The first kappa shape index (κ1) is 15.0. The minimum Gasteiger partial charge on any atom is -0.478 e. The molecule has 2 aromatic carbocycles. The molecule has 0 saturated heterocycles. The molecule has 4 nitrogen and oxygen atoms in total. The third-order valence-electron chi connectivity index (χ3n) is 3.79. The van der Waals surface area contributed by atoms with E-state index in [0.29, 0.717) is 28.7 Å². The maximum atomic E-state index is 13.5. The van der Waals surface area contributed by atoms with Crippen LogP contribution in [0.4, 0.5) is 4.39 Å². The van der Waals surface area contributed by atoms with Crippen LogP contribution >= 0.6 is 0 Å². The van der Waals surface area contributed by atoms with Crippen molar-refractivity contribution >= 4 is 16.9 Å². The van der Waals surface area contributed by atoms with Crippen LogP contribution in [0.3, 0.4) is 0 Å². The Bertz CT molecular complexity index is 976. The Balaban J connectivity index is 2.35. The highest BCUT2D eigenvalue weighted by molar-refractivity contribution is 5.94. The third kappa shape index (κ3) is 2.61. The van der Waals surface area contributed by atoms with E-state index in [1.165, 1.54) is 30.3 Å². The number of fused-ring (bicyclic) bond motifs is 1. The first-order chi connectivity index (χ1) is 11.0. The number of aryl methyl sites for hydroxylation is 1. The third-order valence-corrected chi connectivity index (χ3v) is 3.79. The van der Waals surface area contributed by atoms with Gasteiger partial charge < -0.3 is 9.67 Å². The lowest BCUT2D eigenvalue weighted by molar-refractivity contribution is 0.0697. The van der Waals surface area contributed by atoms with Crippen molar-refractivity contribution in [1.82, 2.24) is 4.57 Å². The number of carbonyl (C=O) groups is 1. The molecule has 0 aliphatic heterocycles. The van der Waals surface area contributed by atoms with E-state index in [2.05, 4.69) is 0 Å². The molecule has 0 bridgehead atoms. The van der Waals surface area contributed by atoms with Gasteiger partial charge in [-0.3, -0.25) is 4.79 Å². The SMILES string of the molecule is CCn1c(-c2cccc(F)c2)cc(=O)c2cc(C(=O)O)ccc21. The maximum absolute atomic E-state index is 13.5. The highest BCUT2D eigenvalue weighted by atomic mass is 19.1. The summed E-state index contributed by atoms with van der Waals surface area (Å²) in [4.78, 5) is 23.5. The molecule has 0 radical (unpaired) electrons. The molecule has 3 aromatic rings. The fraction of sp³-hybridized carbons (Fsp3) is 0.111. The molecular weight excluding hydrogens is 297 g/mol. The standard InChI is InChI=1S/C18H14FNO3/c1-2-20-15-7-6-12(18(22)23)9-14(15)17(21)10-16(20)11-4-3-5-13(19)8-11/h3-10H,2H2,1H3,(H,22,23). The van der Waals surface area contributed by atoms with Crippen LogP contribution in [0.2, 0.25) is 0 Å². The normalized spacial score (nSPS) is 10.9. The van der Waals surface area contributed by atoms with Crippen LogP contribution in [0.5, 0.6) is 0 Å². The Morgan fingerprint density at radius 3 is 2.61 bits per heavy atom. The van der Waals surface area contributed by atoms with E-state index in [0.717, 1.165) is 0 Å². The van der Waals surface area contributed by atoms with Crippen LogP contribution in [0.25, 0.3) is 22.2 Å². The molecule has 116 valence electrons. The fourth-order valence-corrected chi connectivity index (χ4v) is 2.74. The number of carboxylic acids is 1. The number of rotatable bonds is 3. The predicted molar refractivity (Wildman–Crippen MR) is 86.2 cm³/mol. The summed E-state index contributed by atoms with van der Waals surface area (Å²) in [6, 6.07) is 11.9. The minimum atomic E-state index is -1.08. The van der Waals surface area contributed by atoms with E-state index >= 15 is 0 Å². The molecule has 0 unspecified atom stereocenters. The van der Waals surface area contributed by atoms with Gasteiger partial charge in [-0.15, -0.1) is 0 Å². The molecule has 0 fully saturated rings. The van der Waals surface area contributed by atoms with Gasteiger partial charge in [0.25, 0.3) is 0 Å². The number of aromatic carboxylic acids is 1. The lowest BCUT2D eigenvalue weighted by Crippen LogP contribution is -2.12. The van der Waals surface area contributed by atoms with Gasteiger partial charge in [-0.05, 0) is 37.3 Å². The summed E-state index contributed by atoms with van der Waals surface area (Å²) >= 11 is 0. The quantitative estimate of drug-likeness (QED) is 0.805. The Labute approximate surface area is 131 Å². The summed E-state index contributed by atoms with van der Waals surface area (Å²) in [7, 11) is 0.